The van der Waals surface area contributed by atoms with Crippen molar-refractivity contribution >= 4 is 118 Å². The molecule has 0 radical (unpaired) electrons. The highest BCUT2D eigenvalue weighted by Crippen LogP contribution is 2.40. The molecule has 15 heterocycles. The molecule has 0 unspecified atom stereocenters. The van der Waals surface area contributed by atoms with Crippen LogP contribution in [0.1, 0.15) is 99.3 Å². The smallest absolute Gasteiger partial charge is 0.265 e. The fourth-order valence-electron chi connectivity index (χ4n) is 15.0. The van der Waals surface area contributed by atoms with Crippen molar-refractivity contribution in [2.75, 3.05) is 56.5 Å². The minimum atomic E-state index is 0.0612. The second-order valence-electron chi connectivity index (χ2n) is 26.1. The molecule has 0 spiro atoms. The summed E-state index contributed by atoms with van der Waals surface area (Å²) >= 11 is 3.01. The van der Waals surface area contributed by atoms with Crippen molar-refractivity contribution in [2.45, 2.75) is 62.7 Å². The van der Waals surface area contributed by atoms with Gasteiger partial charge in [0.25, 0.3) is 11.8 Å². The molecule has 0 atom stereocenters. The third-order valence-electron chi connectivity index (χ3n) is 20.1. The Morgan fingerprint density at radius 3 is 1.36 bits per heavy atom. The molecule has 3 saturated heterocycles. The SMILES string of the molecule is Nc1nccn2c(C3CCN(C(=O)Cc4ccsc4)CC3)nc(-c3cc4ccccc4[nH]3)c12.Nc1nccn2c(C3CCN(C(=O)c4cccc5[nH]ccc45)CC3)nc(-c3cc4ccccc4[nH]3)c12.Nc1nccn2c(C3CCN(C(=O)c4cncs4)CC3)nc(-c3cc4ccccc4[nH]3)c12. The number of para-hydroxylation sites is 3. The van der Waals surface area contributed by atoms with E-state index >= 15 is 0 Å². The van der Waals surface area contributed by atoms with Crippen LogP contribution in [0.15, 0.2) is 187 Å². The second kappa shape index (κ2) is 26.4. The van der Waals surface area contributed by atoms with E-state index in [0.717, 1.165) is 175 Å². The number of carbonyl (C=O) groups is 3. The number of imidazole rings is 3. The molecule has 3 aliphatic rings. The number of carbonyl (C=O) groups excluding carboxylic acids is 3. The number of nitrogens with two attached hydrogens (primary N) is 3. The third kappa shape index (κ3) is 11.8. The van der Waals surface area contributed by atoms with Crippen LogP contribution < -0.4 is 17.2 Å². The van der Waals surface area contributed by atoms with Gasteiger partial charge in [0, 0.05) is 150 Å². The molecule has 3 fully saturated rings. The number of nitrogen functional groups attached to an aromatic ring is 3. The zero-order valence-corrected chi connectivity index (χ0v) is 56.5. The van der Waals surface area contributed by atoms with Crippen LogP contribution in [0, 0.1) is 0 Å². The number of thiophene rings is 1. The van der Waals surface area contributed by atoms with Crippen LogP contribution in [0.2, 0.25) is 0 Å². The predicted octanol–water partition coefficient (Wildman–Crippen LogP) is 13.4. The fraction of sp³-hybridized carbons (Fsp3) is 0.211. The number of piperidine rings is 3. The second-order valence-corrected chi connectivity index (χ2v) is 27.7. The zero-order valence-electron chi connectivity index (χ0n) is 54.9. The highest BCUT2D eigenvalue weighted by atomic mass is 32.1. The molecule has 3 amide bonds. The van der Waals surface area contributed by atoms with Crippen LogP contribution >= 0.6 is 22.7 Å². The number of hydrogen-bond acceptors (Lipinski definition) is 15. The Kier molecular flexibility index (Phi) is 16.3. The lowest BCUT2D eigenvalue weighted by atomic mass is 9.95. The maximum absolute atomic E-state index is 13.3. The van der Waals surface area contributed by atoms with E-state index in [-0.39, 0.29) is 35.5 Å². The van der Waals surface area contributed by atoms with Gasteiger partial charge in [-0.2, -0.15) is 11.3 Å². The number of benzene rings is 4. The van der Waals surface area contributed by atoms with Crippen LogP contribution in [0.4, 0.5) is 17.5 Å². The molecule has 19 rings (SSSR count). The summed E-state index contributed by atoms with van der Waals surface area (Å²) in [5.74, 6) is 5.33. The first-order valence-corrected chi connectivity index (χ1v) is 35.8. The van der Waals surface area contributed by atoms with Gasteiger partial charge in [-0.1, -0.05) is 60.7 Å². The number of anilines is 3. The average molecular weight is 1380 g/mol. The fourth-order valence-corrected chi connectivity index (χ4v) is 16.2. The summed E-state index contributed by atoms with van der Waals surface area (Å²) in [4.78, 5) is 91.2. The number of thiazole rings is 1. The number of rotatable bonds is 10. The standard InChI is InChI=1S/C28H25N7O.C25H24N6OS.C23H21N7OS/c29-26-25-24(23-16-18-4-1-2-6-21(18)32-23)33-27(35(25)15-12-31-26)17-9-13-34(14-10-17)28(36)20-5-3-7-22-19(20)8-11-30-22;26-24-23-22(20-14-18-3-1-2-4-19(18)28-20)29-25(31(23)11-8-27-24)17-5-9-30(10-6-17)21(32)13-16-7-12-33-15-16;24-21-20-19(17-11-15-3-1-2-4-16(15)27-17)28-22(30(20)10-7-26-21)14-5-8-29(9-6-14)23(31)18-12-25-13-32-18/h1-8,11-12,15-17,30,32H,9-10,13-14H2,(H2,29,31);1-4,7-8,11-12,14-15,17,28H,5-6,9-10,13H2,(H2,26,27);1-4,7,10-14,27H,5-6,8-9H2,(H2,24,26). The minimum absolute atomic E-state index is 0.0612. The Hall–Kier alpha value is -12.0. The molecule has 3 aliphatic heterocycles. The van der Waals surface area contributed by atoms with Gasteiger partial charge in [-0.3, -0.25) is 32.6 Å². The summed E-state index contributed by atoms with van der Waals surface area (Å²) in [6, 6.07) is 40.7. The molecule has 101 heavy (non-hydrogen) atoms. The van der Waals surface area contributed by atoms with E-state index in [2.05, 4.69) is 108 Å². The Morgan fingerprint density at radius 2 is 0.931 bits per heavy atom. The first-order chi connectivity index (χ1) is 49.5. The summed E-state index contributed by atoms with van der Waals surface area (Å²) in [6.45, 7) is 4.23. The van der Waals surface area contributed by atoms with E-state index < -0.39 is 0 Å². The van der Waals surface area contributed by atoms with Crippen LogP contribution in [0.5, 0.6) is 0 Å². The number of H-pyrrole nitrogens is 4. The van der Waals surface area contributed by atoms with Crippen LogP contribution in [0.3, 0.4) is 0 Å². The van der Waals surface area contributed by atoms with E-state index in [9.17, 15) is 14.4 Å². The molecular weight excluding hydrogens is 1310 g/mol. The van der Waals surface area contributed by atoms with Gasteiger partial charge in [0.15, 0.2) is 0 Å². The molecular formula is C76H70N20O3S2. The topological polar surface area (TPSA) is 306 Å². The van der Waals surface area contributed by atoms with Crippen LogP contribution in [-0.4, -0.2) is 140 Å². The van der Waals surface area contributed by atoms with Gasteiger partial charge in [0.2, 0.25) is 5.91 Å². The van der Waals surface area contributed by atoms with Gasteiger partial charge < -0.3 is 51.8 Å². The molecule has 10 N–H and O–H groups in total. The first kappa shape index (κ1) is 62.6. The van der Waals surface area contributed by atoms with Crippen molar-refractivity contribution in [3.05, 3.63) is 221 Å². The van der Waals surface area contributed by atoms with Crippen molar-refractivity contribution in [3.8, 4) is 34.2 Å². The van der Waals surface area contributed by atoms with E-state index in [1.807, 2.05) is 117 Å². The Bertz CT molecular complexity index is 5630. The van der Waals surface area contributed by atoms with E-state index in [1.54, 1.807) is 41.6 Å². The van der Waals surface area contributed by atoms with Gasteiger partial charge >= 0.3 is 0 Å². The Balaban J connectivity index is 0.000000113. The quantitative estimate of drug-likeness (QED) is 0.0671. The van der Waals surface area contributed by atoms with E-state index in [4.69, 9.17) is 32.2 Å². The number of nitrogens with one attached hydrogen (secondary N) is 4. The van der Waals surface area contributed by atoms with Crippen LogP contribution in [0.25, 0.3) is 94.3 Å². The Labute approximate surface area is 585 Å². The minimum Gasteiger partial charge on any atom is -0.382 e. The number of aromatic amines is 4. The third-order valence-corrected chi connectivity index (χ3v) is 21.6. The number of fused-ring (bicyclic) bond motifs is 7. The van der Waals surface area contributed by atoms with Gasteiger partial charge in [-0.15, -0.1) is 11.3 Å². The van der Waals surface area contributed by atoms with Gasteiger partial charge in [-0.05, 0) is 116 Å². The molecule has 16 aromatic rings. The number of hydrogen-bond donors (Lipinski definition) is 7. The van der Waals surface area contributed by atoms with Crippen molar-refractivity contribution in [2.24, 2.45) is 0 Å². The lowest BCUT2D eigenvalue weighted by Crippen LogP contribution is -2.39. The summed E-state index contributed by atoms with van der Waals surface area (Å²) in [5, 5.41) is 8.42. The van der Waals surface area contributed by atoms with Crippen molar-refractivity contribution in [1.29, 1.82) is 0 Å². The van der Waals surface area contributed by atoms with Gasteiger partial charge in [0.1, 0.15) is 73.4 Å². The lowest BCUT2D eigenvalue weighted by Gasteiger charge is -2.31. The first-order valence-electron chi connectivity index (χ1n) is 34.0. The highest BCUT2D eigenvalue weighted by Gasteiger charge is 2.33. The lowest BCUT2D eigenvalue weighted by molar-refractivity contribution is -0.131. The maximum Gasteiger partial charge on any atom is 0.265 e. The largest absolute Gasteiger partial charge is 0.382 e. The molecule has 0 saturated carbocycles. The number of likely N-dealkylation sites (tertiary alicyclic amines) is 3. The summed E-state index contributed by atoms with van der Waals surface area (Å²) in [5.41, 5.74) is 34.4. The average Bonchev–Trinajstić information content (AvgIpc) is 1.61. The number of amides is 3. The highest BCUT2D eigenvalue weighted by molar-refractivity contribution is 7.11. The van der Waals surface area contributed by atoms with Crippen molar-refractivity contribution in [3.63, 3.8) is 0 Å². The van der Waals surface area contributed by atoms with Crippen molar-refractivity contribution in [1.82, 2.24) is 82.7 Å². The van der Waals surface area contributed by atoms with Crippen molar-refractivity contribution < 1.29 is 14.4 Å². The van der Waals surface area contributed by atoms with Crippen LogP contribution in [-0.2, 0) is 11.2 Å². The summed E-state index contributed by atoms with van der Waals surface area (Å²) < 4.78 is 6.22. The van der Waals surface area contributed by atoms with E-state index in [1.165, 1.54) is 11.3 Å². The van der Waals surface area contributed by atoms with E-state index in [0.29, 0.717) is 54.9 Å². The maximum atomic E-state index is 13.3. The summed E-state index contributed by atoms with van der Waals surface area (Å²) in [6.07, 6.45) is 20.1. The Morgan fingerprint density at radius 1 is 0.495 bits per heavy atom. The normalized spacial score (nSPS) is 15.0. The molecule has 0 bridgehead atoms. The molecule has 4 aromatic carbocycles. The molecule has 25 heteroatoms. The summed E-state index contributed by atoms with van der Waals surface area (Å²) in [7, 11) is 0. The molecule has 12 aromatic heterocycles. The zero-order chi connectivity index (χ0) is 68.2. The monoisotopic (exact) mass is 1370 g/mol. The molecule has 0 aliphatic carbocycles. The number of nitrogens with zero attached hydrogens (tertiary/aromatic N) is 13. The van der Waals surface area contributed by atoms with Gasteiger partial charge in [-0.25, -0.2) is 29.9 Å². The predicted molar refractivity (Wildman–Crippen MR) is 397 cm³/mol. The molecule has 23 nitrogen and oxygen atoms in total. The van der Waals surface area contributed by atoms with Gasteiger partial charge in [0.05, 0.1) is 35.2 Å². The number of aromatic nitrogens is 14. The molecule has 504 valence electrons.